The summed E-state index contributed by atoms with van der Waals surface area (Å²) in [6.07, 6.45) is 4.42. The summed E-state index contributed by atoms with van der Waals surface area (Å²) in [5, 5.41) is 0. The molecule has 1 aliphatic heterocycles. The van der Waals surface area contributed by atoms with Crippen molar-refractivity contribution in [3.05, 3.63) is 65.0 Å². The number of piperazine rings is 1. The number of benzene rings is 1. The first-order chi connectivity index (χ1) is 13.8. The molecule has 1 aliphatic rings. The Labute approximate surface area is 175 Å². The summed E-state index contributed by atoms with van der Waals surface area (Å²) in [6, 6.07) is 12.5. The second kappa shape index (κ2) is 9.10. The van der Waals surface area contributed by atoms with Crippen molar-refractivity contribution in [1.29, 1.82) is 0 Å². The summed E-state index contributed by atoms with van der Waals surface area (Å²) in [5.41, 5.74) is 4.36. The highest BCUT2D eigenvalue weighted by molar-refractivity contribution is 5.99. The van der Waals surface area contributed by atoms with E-state index in [4.69, 9.17) is 0 Å². The predicted molar refractivity (Wildman–Crippen MR) is 122 cm³/mol. The van der Waals surface area contributed by atoms with Crippen molar-refractivity contribution in [2.45, 2.75) is 40.2 Å². The first kappa shape index (κ1) is 21.5. The molecule has 156 valence electrons. The Morgan fingerprint density at radius 2 is 1.62 bits per heavy atom. The lowest BCUT2D eigenvalue weighted by Crippen LogP contribution is -2.47. The molecule has 1 aromatic carbocycles. The maximum Gasteiger partial charge on any atom is 0.178 e. The highest BCUT2D eigenvalue weighted by Crippen LogP contribution is 2.25. The minimum Gasteiger partial charge on any atom is -0.343 e. The van der Waals surface area contributed by atoms with Crippen molar-refractivity contribution in [3.8, 4) is 0 Å². The molecule has 1 fully saturated rings. The zero-order valence-electron chi connectivity index (χ0n) is 18.6. The van der Waals surface area contributed by atoms with Crippen LogP contribution in [0.15, 0.2) is 42.5 Å². The predicted octanol–water partition coefficient (Wildman–Crippen LogP) is 4.37. The van der Waals surface area contributed by atoms with Crippen LogP contribution in [0, 0.1) is 13.8 Å². The standard InChI is InChI=1S/C25H35N3O/c1-20-18-23(21(2)28(20)25(3,4)5)24(29)19-27-16-14-26(15-17-27)13-9-12-22-10-7-6-8-11-22/h6-12,18H,13-17,19H2,1-5H3/b12-9+. The van der Waals surface area contributed by atoms with Gasteiger partial charge >= 0.3 is 0 Å². The molecule has 4 heteroatoms. The van der Waals surface area contributed by atoms with Gasteiger partial charge in [-0.05, 0) is 46.2 Å². The maximum atomic E-state index is 13.0. The SMILES string of the molecule is Cc1cc(C(=O)CN2CCN(C/C=C/c3ccccc3)CC2)c(C)n1C(C)(C)C. The van der Waals surface area contributed by atoms with Gasteiger partial charge in [0.05, 0.1) is 6.54 Å². The molecule has 0 unspecified atom stereocenters. The van der Waals surface area contributed by atoms with Gasteiger partial charge in [-0.15, -0.1) is 0 Å². The number of carbonyl (C=O) groups excluding carboxylic acids is 1. The van der Waals surface area contributed by atoms with Gasteiger partial charge in [0, 0.05) is 55.2 Å². The van der Waals surface area contributed by atoms with Gasteiger partial charge < -0.3 is 4.57 Å². The van der Waals surface area contributed by atoms with Gasteiger partial charge in [-0.2, -0.15) is 0 Å². The van der Waals surface area contributed by atoms with Crippen LogP contribution in [0.3, 0.4) is 0 Å². The molecule has 29 heavy (non-hydrogen) atoms. The average molecular weight is 394 g/mol. The van der Waals surface area contributed by atoms with Crippen LogP contribution >= 0.6 is 0 Å². The molecule has 0 radical (unpaired) electrons. The van der Waals surface area contributed by atoms with Crippen molar-refractivity contribution in [2.75, 3.05) is 39.3 Å². The third kappa shape index (κ3) is 5.46. The van der Waals surface area contributed by atoms with Crippen molar-refractivity contribution in [3.63, 3.8) is 0 Å². The van der Waals surface area contributed by atoms with E-state index in [0.29, 0.717) is 6.54 Å². The smallest absolute Gasteiger partial charge is 0.178 e. The van der Waals surface area contributed by atoms with Gasteiger partial charge in [-0.1, -0.05) is 42.5 Å². The molecule has 0 spiro atoms. The Balaban J connectivity index is 1.51. The van der Waals surface area contributed by atoms with E-state index in [0.717, 1.165) is 49.7 Å². The van der Waals surface area contributed by atoms with Crippen LogP contribution in [-0.4, -0.2) is 59.4 Å². The number of hydrogen-bond donors (Lipinski definition) is 0. The van der Waals surface area contributed by atoms with E-state index in [1.54, 1.807) is 0 Å². The molecule has 0 amide bonds. The average Bonchev–Trinajstić information content (AvgIpc) is 2.98. The number of Topliss-reactive ketones (excluding diaryl/α,β-unsaturated/α-hetero) is 1. The molecule has 0 bridgehead atoms. The number of aromatic nitrogens is 1. The zero-order chi connectivity index (χ0) is 21.0. The fourth-order valence-electron chi connectivity index (χ4n) is 4.40. The lowest BCUT2D eigenvalue weighted by atomic mass is 10.1. The van der Waals surface area contributed by atoms with Gasteiger partial charge in [-0.25, -0.2) is 0 Å². The van der Waals surface area contributed by atoms with Crippen molar-refractivity contribution >= 4 is 11.9 Å². The van der Waals surface area contributed by atoms with E-state index < -0.39 is 0 Å². The Morgan fingerprint density at radius 3 is 2.21 bits per heavy atom. The zero-order valence-corrected chi connectivity index (χ0v) is 18.6. The quantitative estimate of drug-likeness (QED) is 0.682. The number of carbonyl (C=O) groups is 1. The number of aryl methyl sites for hydroxylation is 1. The second-order valence-corrected chi connectivity index (χ2v) is 9.10. The van der Waals surface area contributed by atoms with Gasteiger partial charge in [-0.3, -0.25) is 14.6 Å². The first-order valence-electron chi connectivity index (χ1n) is 10.6. The van der Waals surface area contributed by atoms with Crippen molar-refractivity contribution in [2.24, 2.45) is 0 Å². The Kier molecular flexibility index (Phi) is 6.76. The van der Waals surface area contributed by atoms with Gasteiger partial charge in [0.1, 0.15) is 0 Å². The third-order valence-corrected chi connectivity index (χ3v) is 5.71. The van der Waals surface area contributed by atoms with Crippen LogP contribution in [0.2, 0.25) is 0 Å². The van der Waals surface area contributed by atoms with E-state index in [1.807, 2.05) is 6.07 Å². The largest absolute Gasteiger partial charge is 0.343 e. The van der Waals surface area contributed by atoms with Crippen molar-refractivity contribution in [1.82, 2.24) is 14.4 Å². The van der Waals surface area contributed by atoms with Crippen LogP contribution < -0.4 is 0 Å². The molecule has 1 aromatic heterocycles. The summed E-state index contributed by atoms with van der Waals surface area (Å²) < 4.78 is 2.28. The monoisotopic (exact) mass is 393 g/mol. The molecule has 2 aromatic rings. The molecule has 0 saturated carbocycles. The molecular formula is C25H35N3O. The Bertz CT molecular complexity index is 850. The molecular weight excluding hydrogens is 358 g/mol. The van der Waals surface area contributed by atoms with E-state index in [-0.39, 0.29) is 11.3 Å². The van der Waals surface area contributed by atoms with E-state index in [2.05, 4.69) is 91.5 Å². The number of ketones is 1. The third-order valence-electron chi connectivity index (χ3n) is 5.71. The lowest BCUT2D eigenvalue weighted by molar-refractivity contribution is 0.0864. The lowest BCUT2D eigenvalue weighted by Gasteiger charge is -2.33. The topological polar surface area (TPSA) is 28.5 Å². The van der Waals surface area contributed by atoms with Crippen LogP contribution in [0.5, 0.6) is 0 Å². The summed E-state index contributed by atoms with van der Waals surface area (Å²) in [4.78, 5) is 17.7. The molecule has 0 atom stereocenters. The summed E-state index contributed by atoms with van der Waals surface area (Å²) >= 11 is 0. The van der Waals surface area contributed by atoms with Gasteiger partial charge in [0.2, 0.25) is 0 Å². The van der Waals surface area contributed by atoms with Crippen LogP contribution in [0.1, 0.15) is 48.1 Å². The van der Waals surface area contributed by atoms with Crippen molar-refractivity contribution < 1.29 is 4.79 Å². The highest BCUT2D eigenvalue weighted by Gasteiger charge is 2.25. The fourth-order valence-corrected chi connectivity index (χ4v) is 4.40. The normalized spacial score (nSPS) is 16.6. The van der Waals surface area contributed by atoms with E-state index in [9.17, 15) is 4.79 Å². The summed E-state index contributed by atoms with van der Waals surface area (Å²) in [6.45, 7) is 16.1. The minimum absolute atomic E-state index is 0.00834. The summed E-state index contributed by atoms with van der Waals surface area (Å²) in [7, 11) is 0. The van der Waals surface area contributed by atoms with Crippen LogP contribution in [0.4, 0.5) is 0 Å². The molecule has 0 N–H and O–H groups in total. The second-order valence-electron chi connectivity index (χ2n) is 9.10. The molecule has 0 aliphatic carbocycles. The number of hydrogen-bond acceptors (Lipinski definition) is 3. The number of rotatable bonds is 6. The summed E-state index contributed by atoms with van der Waals surface area (Å²) in [5.74, 6) is 0.242. The molecule has 4 nitrogen and oxygen atoms in total. The Morgan fingerprint density at radius 1 is 1.00 bits per heavy atom. The molecule has 2 heterocycles. The van der Waals surface area contributed by atoms with Gasteiger partial charge in [0.25, 0.3) is 0 Å². The van der Waals surface area contributed by atoms with Crippen LogP contribution in [-0.2, 0) is 5.54 Å². The van der Waals surface area contributed by atoms with E-state index >= 15 is 0 Å². The highest BCUT2D eigenvalue weighted by atomic mass is 16.1. The minimum atomic E-state index is -0.00834. The first-order valence-corrected chi connectivity index (χ1v) is 10.6. The molecule has 1 saturated heterocycles. The fraction of sp³-hybridized carbons (Fsp3) is 0.480. The maximum absolute atomic E-state index is 13.0. The van der Waals surface area contributed by atoms with E-state index in [1.165, 1.54) is 5.56 Å². The molecule has 3 rings (SSSR count). The van der Waals surface area contributed by atoms with Gasteiger partial charge in [0.15, 0.2) is 5.78 Å². The van der Waals surface area contributed by atoms with Crippen LogP contribution in [0.25, 0.3) is 6.08 Å². The number of nitrogens with zero attached hydrogens (tertiary/aromatic N) is 3. The Hall–Kier alpha value is -2.17.